The highest BCUT2D eigenvalue weighted by atomic mass is 19.4. The number of carbonyl (C=O) groups is 3. The normalized spacial score (nSPS) is 19.7. The number of carboxylic acid groups (broad SMARTS) is 1. The zero-order chi connectivity index (χ0) is 29.2. The summed E-state index contributed by atoms with van der Waals surface area (Å²) in [5.41, 5.74) is 0.467. The highest BCUT2D eigenvalue weighted by molar-refractivity contribution is 6.07. The summed E-state index contributed by atoms with van der Waals surface area (Å²) in [6.07, 6.45) is 0.692. The summed E-state index contributed by atoms with van der Waals surface area (Å²) in [5.74, 6) is -1.40. The van der Waals surface area contributed by atoms with Gasteiger partial charge in [-0.25, -0.2) is 4.79 Å². The highest BCUT2D eigenvalue weighted by Gasteiger charge is 2.58. The van der Waals surface area contributed by atoms with Gasteiger partial charge in [0, 0.05) is 30.9 Å². The predicted molar refractivity (Wildman–Crippen MR) is 144 cm³/mol. The third-order valence-corrected chi connectivity index (χ3v) is 8.54. The molecule has 3 amide bonds. The molecule has 2 heterocycles. The molecule has 3 fully saturated rings. The number of anilines is 1. The van der Waals surface area contributed by atoms with E-state index < -0.39 is 29.7 Å². The molecule has 0 radical (unpaired) electrons. The number of alkyl halides is 3. The van der Waals surface area contributed by atoms with Gasteiger partial charge in [0.2, 0.25) is 0 Å². The number of urea groups is 1. The van der Waals surface area contributed by atoms with Crippen molar-refractivity contribution in [2.75, 3.05) is 24.5 Å². The predicted octanol–water partition coefficient (Wildman–Crippen LogP) is 5.60. The van der Waals surface area contributed by atoms with Gasteiger partial charge in [-0.3, -0.25) is 14.5 Å². The molecule has 2 aromatic carbocycles. The molecule has 0 aromatic heterocycles. The summed E-state index contributed by atoms with van der Waals surface area (Å²) in [6, 6.07) is 12.5. The molecule has 1 aliphatic carbocycles. The Morgan fingerprint density at radius 1 is 1.00 bits per heavy atom. The molecule has 1 N–H and O–H groups in total. The van der Waals surface area contributed by atoms with Crippen LogP contribution in [0, 0.1) is 5.92 Å². The van der Waals surface area contributed by atoms with E-state index in [2.05, 4.69) is 9.64 Å². The van der Waals surface area contributed by atoms with Crippen LogP contribution in [-0.2, 0) is 22.6 Å². The minimum atomic E-state index is -4.90. The topological polar surface area (TPSA) is 90.4 Å². The number of hydrogen-bond acceptors (Lipinski definition) is 5. The van der Waals surface area contributed by atoms with E-state index in [1.165, 1.54) is 28.0 Å². The lowest BCUT2D eigenvalue weighted by Gasteiger charge is -2.43. The smallest absolute Gasteiger partial charge is 0.481 e. The van der Waals surface area contributed by atoms with Crippen molar-refractivity contribution < 1.29 is 37.4 Å². The van der Waals surface area contributed by atoms with E-state index in [1.54, 1.807) is 18.2 Å². The molecular formula is C30H34F3N3O5. The van der Waals surface area contributed by atoms with Crippen LogP contribution in [0.3, 0.4) is 0 Å². The maximum atomic E-state index is 14.1. The van der Waals surface area contributed by atoms with E-state index in [9.17, 15) is 32.7 Å². The van der Waals surface area contributed by atoms with Gasteiger partial charge in [-0.15, -0.1) is 13.2 Å². The first kappa shape index (κ1) is 28.8. The third kappa shape index (κ3) is 6.28. The Morgan fingerprint density at radius 2 is 1.71 bits per heavy atom. The summed E-state index contributed by atoms with van der Waals surface area (Å²) in [6.45, 7) is 0.970. The van der Waals surface area contributed by atoms with Crippen LogP contribution in [0.1, 0.15) is 56.1 Å². The van der Waals surface area contributed by atoms with Crippen molar-refractivity contribution >= 4 is 23.6 Å². The Kier molecular flexibility index (Phi) is 8.15. The molecule has 220 valence electrons. The molecule has 8 nitrogen and oxygen atoms in total. The summed E-state index contributed by atoms with van der Waals surface area (Å²) in [5, 5.41) is 9.17. The van der Waals surface area contributed by atoms with Gasteiger partial charge in [-0.05, 0) is 55.4 Å². The van der Waals surface area contributed by atoms with Crippen molar-refractivity contribution in [3.05, 3.63) is 59.7 Å². The van der Waals surface area contributed by atoms with Gasteiger partial charge in [0.15, 0.2) is 0 Å². The van der Waals surface area contributed by atoms with Crippen LogP contribution < -0.4 is 9.64 Å². The van der Waals surface area contributed by atoms with Gasteiger partial charge in [-0.2, -0.15) is 0 Å². The number of carbonyl (C=O) groups excluding carboxylic acids is 2. The second-order valence-corrected chi connectivity index (χ2v) is 11.2. The van der Waals surface area contributed by atoms with E-state index >= 15 is 0 Å². The fraction of sp³-hybridized carbons (Fsp3) is 0.500. The molecule has 11 heteroatoms. The number of aliphatic carboxylic acids is 1. The van der Waals surface area contributed by atoms with Gasteiger partial charge in [-0.1, -0.05) is 49.6 Å². The molecule has 2 aliphatic heterocycles. The number of carboxylic acids is 1. The maximum Gasteiger partial charge on any atom is 0.573 e. The van der Waals surface area contributed by atoms with Gasteiger partial charge < -0.3 is 19.6 Å². The van der Waals surface area contributed by atoms with Crippen molar-refractivity contribution in [2.45, 2.75) is 69.8 Å². The van der Waals surface area contributed by atoms with Crippen LogP contribution in [-0.4, -0.2) is 64.3 Å². The Hall–Kier alpha value is -3.76. The number of para-hydroxylation sites is 1. The van der Waals surface area contributed by atoms with Crippen molar-refractivity contribution in [1.29, 1.82) is 0 Å². The summed E-state index contributed by atoms with van der Waals surface area (Å²) in [4.78, 5) is 43.9. The van der Waals surface area contributed by atoms with Gasteiger partial charge in [0.25, 0.3) is 5.91 Å². The van der Waals surface area contributed by atoms with Crippen LogP contribution >= 0.6 is 0 Å². The molecule has 1 saturated carbocycles. The molecule has 0 bridgehead atoms. The SMILES string of the molecule is O=C(O)Cc1cccc(N2CCC3(CC2)C(=O)N(CC2CCCCC2)C(=O)N3Cc2ccccc2OC(F)(F)F)c1. The summed E-state index contributed by atoms with van der Waals surface area (Å²) in [7, 11) is 0. The van der Waals surface area contributed by atoms with Gasteiger partial charge in [0.1, 0.15) is 11.3 Å². The molecule has 3 aliphatic rings. The van der Waals surface area contributed by atoms with Crippen LogP contribution in [0.2, 0.25) is 0 Å². The number of hydrogen-bond donors (Lipinski definition) is 1. The average molecular weight is 574 g/mol. The number of piperidine rings is 1. The lowest BCUT2D eigenvalue weighted by molar-refractivity contribution is -0.275. The summed E-state index contributed by atoms with van der Waals surface area (Å²) >= 11 is 0. The lowest BCUT2D eigenvalue weighted by Crippen LogP contribution is -2.56. The Labute approximate surface area is 236 Å². The lowest BCUT2D eigenvalue weighted by atomic mass is 9.84. The van der Waals surface area contributed by atoms with E-state index in [1.807, 2.05) is 12.1 Å². The zero-order valence-electron chi connectivity index (χ0n) is 22.7. The molecule has 0 atom stereocenters. The fourth-order valence-electron chi connectivity index (χ4n) is 6.48. The van der Waals surface area contributed by atoms with Crippen LogP contribution in [0.25, 0.3) is 0 Å². The van der Waals surface area contributed by atoms with Gasteiger partial charge in [0.05, 0.1) is 13.0 Å². The van der Waals surface area contributed by atoms with Crippen molar-refractivity contribution in [2.24, 2.45) is 5.92 Å². The van der Waals surface area contributed by atoms with E-state index in [-0.39, 0.29) is 30.4 Å². The minimum Gasteiger partial charge on any atom is -0.481 e. The van der Waals surface area contributed by atoms with Crippen molar-refractivity contribution in [3.63, 3.8) is 0 Å². The molecule has 2 saturated heterocycles. The summed E-state index contributed by atoms with van der Waals surface area (Å²) < 4.78 is 43.7. The number of imide groups is 1. The number of benzene rings is 2. The quantitative estimate of drug-likeness (QED) is 0.414. The van der Waals surface area contributed by atoms with E-state index in [0.29, 0.717) is 38.0 Å². The standard InChI is InChI=1S/C30H34F3N3O5/c31-30(32,33)41-25-12-5-4-10-23(25)20-36-28(40)35(19-21-7-2-1-3-8-21)27(39)29(36)13-15-34(16-14-29)24-11-6-9-22(17-24)18-26(37)38/h4-6,9-12,17,21H,1-3,7-8,13-16,18-20H2,(H,37,38). The van der Waals surface area contributed by atoms with Crippen LogP contribution in [0.4, 0.5) is 23.7 Å². The largest absolute Gasteiger partial charge is 0.573 e. The maximum absolute atomic E-state index is 14.1. The first-order valence-electron chi connectivity index (χ1n) is 14.1. The van der Waals surface area contributed by atoms with Crippen LogP contribution in [0.5, 0.6) is 5.75 Å². The monoisotopic (exact) mass is 573 g/mol. The molecule has 41 heavy (non-hydrogen) atoms. The number of rotatable bonds is 8. The van der Waals surface area contributed by atoms with Gasteiger partial charge >= 0.3 is 18.4 Å². The number of amides is 3. The minimum absolute atomic E-state index is 0.109. The third-order valence-electron chi connectivity index (χ3n) is 8.54. The molecule has 1 spiro atoms. The van der Waals surface area contributed by atoms with Crippen LogP contribution in [0.15, 0.2) is 48.5 Å². The average Bonchev–Trinajstić information content (AvgIpc) is 3.11. The molecular weight excluding hydrogens is 539 g/mol. The Bertz CT molecular complexity index is 1290. The first-order chi connectivity index (χ1) is 19.6. The van der Waals surface area contributed by atoms with E-state index in [0.717, 1.165) is 37.8 Å². The second kappa shape index (κ2) is 11.6. The second-order valence-electron chi connectivity index (χ2n) is 11.2. The highest BCUT2D eigenvalue weighted by Crippen LogP contribution is 2.41. The fourth-order valence-corrected chi connectivity index (χ4v) is 6.48. The Morgan fingerprint density at radius 3 is 2.39 bits per heavy atom. The van der Waals surface area contributed by atoms with Crippen molar-refractivity contribution in [3.8, 4) is 5.75 Å². The molecule has 0 unspecified atom stereocenters. The number of ether oxygens (including phenoxy) is 1. The van der Waals surface area contributed by atoms with E-state index in [4.69, 9.17) is 0 Å². The van der Waals surface area contributed by atoms with Crippen molar-refractivity contribution in [1.82, 2.24) is 9.80 Å². The zero-order valence-corrected chi connectivity index (χ0v) is 22.7. The molecule has 2 aromatic rings. The molecule has 5 rings (SSSR count). The first-order valence-corrected chi connectivity index (χ1v) is 14.1. The Balaban J connectivity index is 1.42. The number of halogens is 3. The number of nitrogens with zero attached hydrogens (tertiary/aromatic N) is 3.